The second kappa shape index (κ2) is 10.8. The van der Waals surface area contributed by atoms with Crippen molar-refractivity contribution in [1.29, 1.82) is 0 Å². The fraction of sp³-hybridized carbons (Fsp3) is 0.192. The number of thioether (sulfide) groups is 1. The minimum Gasteiger partial charge on any atom is -0.486 e. The molecule has 1 amide bonds. The molecule has 0 radical (unpaired) electrons. The lowest BCUT2D eigenvalue weighted by Crippen LogP contribution is -2.15. The molecule has 6 nitrogen and oxygen atoms in total. The van der Waals surface area contributed by atoms with Crippen molar-refractivity contribution in [2.24, 2.45) is 0 Å². The summed E-state index contributed by atoms with van der Waals surface area (Å²) in [4.78, 5) is 12.6. The zero-order valence-corrected chi connectivity index (χ0v) is 20.8. The molecular formula is C26H25ClN4O2S. The van der Waals surface area contributed by atoms with E-state index in [1.54, 1.807) is 12.1 Å². The first kappa shape index (κ1) is 23.9. The summed E-state index contributed by atoms with van der Waals surface area (Å²) >= 11 is 7.38. The van der Waals surface area contributed by atoms with Crippen molar-refractivity contribution in [2.75, 3.05) is 11.1 Å². The Labute approximate surface area is 208 Å². The number of hydrogen-bond acceptors (Lipinski definition) is 5. The van der Waals surface area contributed by atoms with Gasteiger partial charge in [0, 0.05) is 16.4 Å². The highest BCUT2D eigenvalue weighted by Gasteiger charge is 2.17. The Bertz CT molecular complexity index is 1290. The molecule has 8 heteroatoms. The van der Waals surface area contributed by atoms with Crippen molar-refractivity contribution in [3.8, 4) is 11.4 Å². The van der Waals surface area contributed by atoms with E-state index in [-0.39, 0.29) is 18.3 Å². The number of anilines is 1. The normalized spacial score (nSPS) is 10.8. The molecule has 34 heavy (non-hydrogen) atoms. The number of amides is 1. The van der Waals surface area contributed by atoms with Gasteiger partial charge >= 0.3 is 0 Å². The van der Waals surface area contributed by atoms with Crippen LogP contribution in [0, 0.1) is 20.8 Å². The molecule has 0 saturated carbocycles. The average Bonchev–Trinajstić information content (AvgIpc) is 3.23. The number of nitrogens with zero attached hydrogens (tertiary/aromatic N) is 3. The zero-order valence-electron chi connectivity index (χ0n) is 19.2. The third-order valence-corrected chi connectivity index (χ3v) is 6.35. The van der Waals surface area contributed by atoms with Crippen molar-refractivity contribution in [3.05, 3.63) is 94.3 Å². The second-order valence-electron chi connectivity index (χ2n) is 7.97. The molecule has 1 heterocycles. The molecular weight excluding hydrogens is 468 g/mol. The molecule has 0 spiro atoms. The number of halogens is 1. The van der Waals surface area contributed by atoms with E-state index in [1.165, 1.54) is 17.3 Å². The van der Waals surface area contributed by atoms with E-state index >= 15 is 0 Å². The van der Waals surface area contributed by atoms with Crippen LogP contribution in [-0.4, -0.2) is 26.4 Å². The maximum atomic E-state index is 12.6. The Balaban J connectivity index is 1.51. The summed E-state index contributed by atoms with van der Waals surface area (Å²) in [6.07, 6.45) is 0. The molecule has 174 valence electrons. The van der Waals surface area contributed by atoms with Crippen LogP contribution in [0.3, 0.4) is 0 Å². The van der Waals surface area contributed by atoms with Gasteiger partial charge in [0.05, 0.1) is 5.75 Å². The quantitative estimate of drug-likeness (QED) is 0.298. The lowest BCUT2D eigenvalue weighted by molar-refractivity contribution is -0.113. The largest absolute Gasteiger partial charge is 0.486 e. The van der Waals surface area contributed by atoms with Crippen LogP contribution in [0.15, 0.2) is 71.9 Å². The lowest BCUT2D eigenvalue weighted by Gasteiger charge is -2.12. The van der Waals surface area contributed by atoms with Gasteiger partial charge < -0.3 is 10.1 Å². The van der Waals surface area contributed by atoms with Gasteiger partial charge in [0.1, 0.15) is 12.4 Å². The van der Waals surface area contributed by atoms with Crippen molar-refractivity contribution in [3.63, 3.8) is 0 Å². The van der Waals surface area contributed by atoms with Gasteiger partial charge in [0.25, 0.3) is 0 Å². The average molecular weight is 493 g/mol. The van der Waals surface area contributed by atoms with Crippen LogP contribution < -0.4 is 10.1 Å². The highest BCUT2D eigenvalue weighted by Crippen LogP contribution is 2.25. The molecule has 0 fully saturated rings. The van der Waals surface area contributed by atoms with Crippen LogP contribution in [0.1, 0.15) is 22.5 Å². The molecule has 4 rings (SSSR count). The van der Waals surface area contributed by atoms with Crippen molar-refractivity contribution < 1.29 is 9.53 Å². The first-order valence-electron chi connectivity index (χ1n) is 10.8. The van der Waals surface area contributed by atoms with Crippen LogP contribution in [0.4, 0.5) is 5.69 Å². The molecule has 0 atom stereocenters. The van der Waals surface area contributed by atoms with Gasteiger partial charge in [-0.25, -0.2) is 0 Å². The van der Waals surface area contributed by atoms with Gasteiger partial charge in [-0.15, -0.1) is 10.2 Å². The Kier molecular flexibility index (Phi) is 7.55. The Morgan fingerprint density at radius 2 is 1.65 bits per heavy atom. The van der Waals surface area contributed by atoms with E-state index in [0.29, 0.717) is 21.7 Å². The number of ether oxygens (including phenoxy) is 1. The predicted molar refractivity (Wildman–Crippen MR) is 137 cm³/mol. The molecule has 1 N–H and O–H groups in total. The fourth-order valence-electron chi connectivity index (χ4n) is 3.27. The number of benzene rings is 3. The summed E-state index contributed by atoms with van der Waals surface area (Å²) in [6, 6.07) is 21.4. The van der Waals surface area contributed by atoms with Gasteiger partial charge in [0.15, 0.2) is 11.0 Å². The summed E-state index contributed by atoms with van der Waals surface area (Å²) in [7, 11) is 0. The molecule has 0 unspecified atom stereocenters. The third kappa shape index (κ3) is 5.98. The summed E-state index contributed by atoms with van der Waals surface area (Å²) in [5.41, 5.74) is 4.87. The van der Waals surface area contributed by atoms with E-state index in [4.69, 9.17) is 16.3 Å². The van der Waals surface area contributed by atoms with Crippen molar-refractivity contribution >= 4 is 35.0 Å². The van der Waals surface area contributed by atoms with Crippen LogP contribution in [0.2, 0.25) is 5.02 Å². The minimum absolute atomic E-state index is 0.147. The van der Waals surface area contributed by atoms with Crippen LogP contribution in [-0.2, 0) is 11.4 Å². The van der Waals surface area contributed by atoms with Gasteiger partial charge in [0.2, 0.25) is 5.91 Å². The van der Waals surface area contributed by atoms with E-state index < -0.39 is 0 Å². The molecule has 0 aliphatic heterocycles. The van der Waals surface area contributed by atoms with Crippen LogP contribution in [0.5, 0.6) is 5.75 Å². The van der Waals surface area contributed by atoms with E-state index in [2.05, 4.69) is 15.5 Å². The number of carbonyl (C=O) groups is 1. The molecule has 0 aliphatic carbocycles. The number of aryl methyl sites for hydroxylation is 3. The van der Waals surface area contributed by atoms with Crippen molar-refractivity contribution in [1.82, 2.24) is 14.8 Å². The van der Waals surface area contributed by atoms with Crippen molar-refractivity contribution in [2.45, 2.75) is 32.5 Å². The van der Waals surface area contributed by atoms with E-state index in [0.717, 1.165) is 22.6 Å². The number of nitrogens with one attached hydrogen (secondary N) is 1. The number of carbonyl (C=O) groups excluding carboxylic acids is 1. The van der Waals surface area contributed by atoms with E-state index in [1.807, 2.05) is 79.9 Å². The molecule has 0 bridgehead atoms. The summed E-state index contributed by atoms with van der Waals surface area (Å²) in [6.45, 7) is 6.24. The Morgan fingerprint density at radius 3 is 2.35 bits per heavy atom. The monoisotopic (exact) mass is 492 g/mol. The summed E-state index contributed by atoms with van der Waals surface area (Å²) < 4.78 is 7.88. The predicted octanol–water partition coefficient (Wildman–Crippen LogP) is 6.16. The molecule has 3 aromatic carbocycles. The highest BCUT2D eigenvalue weighted by atomic mass is 35.5. The highest BCUT2D eigenvalue weighted by molar-refractivity contribution is 7.99. The standard InChI is InChI=1S/C26H25ClN4O2S/c1-17-4-10-21(11-5-17)31-24(15-33-22-12-6-18(2)7-13-22)29-30-26(31)34-16-25(32)28-23-14-20(27)9-8-19(23)3/h4-14H,15-16H2,1-3H3,(H,28,32). The minimum atomic E-state index is -0.147. The number of rotatable bonds is 8. The second-order valence-corrected chi connectivity index (χ2v) is 9.35. The zero-order chi connectivity index (χ0) is 24.1. The van der Waals surface area contributed by atoms with Gasteiger partial charge in [-0.05, 0) is 62.7 Å². The number of hydrogen-bond donors (Lipinski definition) is 1. The lowest BCUT2D eigenvalue weighted by atomic mass is 10.2. The van der Waals surface area contributed by atoms with Crippen LogP contribution in [0.25, 0.3) is 5.69 Å². The van der Waals surface area contributed by atoms with E-state index in [9.17, 15) is 4.79 Å². The Hall–Kier alpha value is -3.29. The van der Waals surface area contributed by atoms with Gasteiger partial charge in [-0.3, -0.25) is 9.36 Å². The molecule has 0 aliphatic rings. The number of aromatic nitrogens is 3. The first-order valence-corrected chi connectivity index (χ1v) is 12.1. The maximum absolute atomic E-state index is 12.6. The topological polar surface area (TPSA) is 69.0 Å². The maximum Gasteiger partial charge on any atom is 0.234 e. The third-order valence-electron chi connectivity index (χ3n) is 5.19. The SMILES string of the molecule is Cc1ccc(OCc2nnc(SCC(=O)Nc3cc(Cl)ccc3C)n2-c2ccc(C)cc2)cc1. The molecule has 4 aromatic rings. The van der Waals surface area contributed by atoms with Crippen LogP contribution >= 0.6 is 23.4 Å². The fourth-order valence-corrected chi connectivity index (χ4v) is 4.21. The summed E-state index contributed by atoms with van der Waals surface area (Å²) in [5.74, 6) is 1.44. The van der Waals surface area contributed by atoms with Gasteiger partial charge in [-0.1, -0.05) is 64.8 Å². The smallest absolute Gasteiger partial charge is 0.234 e. The first-order chi connectivity index (χ1) is 16.4. The van der Waals surface area contributed by atoms with Gasteiger partial charge in [-0.2, -0.15) is 0 Å². The molecule has 1 aromatic heterocycles. The summed E-state index contributed by atoms with van der Waals surface area (Å²) in [5, 5.41) is 12.8. The Morgan fingerprint density at radius 1 is 0.971 bits per heavy atom. The molecule has 0 saturated heterocycles.